The monoisotopic (exact) mass is 271 g/mol. The van der Waals surface area contributed by atoms with Gasteiger partial charge < -0.3 is 9.30 Å². The highest BCUT2D eigenvalue weighted by atomic mass is 16.5. The highest BCUT2D eigenvalue weighted by Crippen LogP contribution is 2.13. The molecule has 0 amide bonds. The number of morpholine rings is 1. The smallest absolute Gasteiger partial charge is 0.0594 e. The summed E-state index contributed by atoms with van der Waals surface area (Å²) in [4.78, 5) is 6.57. The van der Waals surface area contributed by atoms with Crippen molar-refractivity contribution in [2.45, 2.75) is 12.8 Å². The summed E-state index contributed by atoms with van der Waals surface area (Å²) in [5.41, 5.74) is 2.55. The Morgan fingerprint density at radius 3 is 2.70 bits per heavy atom. The van der Waals surface area contributed by atoms with Gasteiger partial charge in [0, 0.05) is 43.1 Å². The first kappa shape index (κ1) is 13.3. The number of ether oxygens (including phenoxy) is 1. The minimum Gasteiger partial charge on any atom is -0.379 e. The largest absolute Gasteiger partial charge is 0.379 e. The van der Waals surface area contributed by atoms with Crippen molar-refractivity contribution >= 4 is 0 Å². The van der Waals surface area contributed by atoms with Crippen molar-refractivity contribution in [1.29, 1.82) is 0 Å². The van der Waals surface area contributed by atoms with E-state index < -0.39 is 0 Å². The molecule has 1 saturated heterocycles. The predicted molar refractivity (Wildman–Crippen MR) is 79.1 cm³/mol. The molecule has 0 atom stereocenters. The van der Waals surface area contributed by atoms with Gasteiger partial charge in [-0.15, -0.1) is 0 Å². The Bertz CT molecular complexity index is 518. The summed E-state index contributed by atoms with van der Waals surface area (Å²) in [6, 6.07) is 8.42. The zero-order valence-corrected chi connectivity index (χ0v) is 11.7. The molecule has 1 fully saturated rings. The van der Waals surface area contributed by atoms with Gasteiger partial charge >= 0.3 is 0 Å². The lowest BCUT2D eigenvalue weighted by atomic mass is 10.2. The molecule has 106 valence electrons. The van der Waals surface area contributed by atoms with Gasteiger partial charge in [0.1, 0.15) is 0 Å². The summed E-state index contributed by atoms with van der Waals surface area (Å²) < 4.78 is 7.63. The van der Waals surface area contributed by atoms with Gasteiger partial charge in [-0.3, -0.25) is 9.88 Å². The van der Waals surface area contributed by atoms with Crippen LogP contribution in [-0.4, -0.2) is 47.3 Å². The SMILES string of the molecule is c1cc(CCCN2CCOCC2)n(-c2ccncc2)c1. The second kappa shape index (κ2) is 6.68. The normalized spacial score (nSPS) is 16.4. The Labute approximate surface area is 120 Å². The summed E-state index contributed by atoms with van der Waals surface area (Å²) in [5.74, 6) is 0. The fourth-order valence-electron chi connectivity index (χ4n) is 2.69. The van der Waals surface area contributed by atoms with E-state index in [2.05, 4.69) is 32.8 Å². The van der Waals surface area contributed by atoms with Gasteiger partial charge in [0.2, 0.25) is 0 Å². The third-order valence-corrected chi connectivity index (χ3v) is 3.79. The van der Waals surface area contributed by atoms with E-state index in [0.29, 0.717) is 0 Å². The topological polar surface area (TPSA) is 30.3 Å². The fraction of sp³-hybridized carbons (Fsp3) is 0.438. The van der Waals surface area contributed by atoms with Crippen LogP contribution in [0.1, 0.15) is 12.1 Å². The minimum absolute atomic E-state index is 0.882. The van der Waals surface area contributed by atoms with Crippen LogP contribution < -0.4 is 0 Å². The van der Waals surface area contributed by atoms with E-state index in [-0.39, 0.29) is 0 Å². The molecule has 20 heavy (non-hydrogen) atoms. The molecule has 0 saturated carbocycles. The average molecular weight is 271 g/mol. The Morgan fingerprint density at radius 2 is 1.90 bits per heavy atom. The summed E-state index contributed by atoms with van der Waals surface area (Å²) in [7, 11) is 0. The first-order chi connectivity index (χ1) is 9.93. The van der Waals surface area contributed by atoms with Crippen molar-refractivity contribution in [3.8, 4) is 5.69 Å². The number of hydrogen-bond donors (Lipinski definition) is 0. The molecule has 0 aliphatic carbocycles. The number of nitrogens with zero attached hydrogens (tertiary/aromatic N) is 3. The lowest BCUT2D eigenvalue weighted by Gasteiger charge is -2.26. The maximum absolute atomic E-state index is 5.38. The van der Waals surface area contributed by atoms with E-state index >= 15 is 0 Å². The Hall–Kier alpha value is -1.65. The van der Waals surface area contributed by atoms with Crippen LogP contribution in [-0.2, 0) is 11.2 Å². The Balaban J connectivity index is 1.57. The van der Waals surface area contributed by atoms with Crippen molar-refractivity contribution < 1.29 is 4.74 Å². The van der Waals surface area contributed by atoms with Gasteiger partial charge in [-0.25, -0.2) is 0 Å². The molecule has 4 nitrogen and oxygen atoms in total. The van der Waals surface area contributed by atoms with Gasteiger partial charge in [0.05, 0.1) is 13.2 Å². The standard InChI is InChI=1S/C16H21N3O/c1(9-18-11-13-20-14-12-18)3-15-4-2-10-19(15)16-5-7-17-8-6-16/h2,4-8,10H,1,3,9,11-14H2. The van der Waals surface area contributed by atoms with E-state index in [4.69, 9.17) is 4.74 Å². The molecule has 0 radical (unpaired) electrons. The number of pyridine rings is 1. The van der Waals surface area contributed by atoms with Crippen LogP contribution in [0.25, 0.3) is 5.69 Å². The third-order valence-electron chi connectivity index (χ3n) is 3.79. The summed E-state index contributed by atoms with van der Waals surface area (Å²) >= 11 is 0. The highest BCUT2D eigenvalue weighted by Gasteiger charge is 2.10. The highest BCUT2D eigenvalue weighted by molar-refractivity contribution is 5.32. The quantitative estimate of drug-likeness (QED) is 0.834. The van der Waals surface area contributed by atoms with E-state index in [1.54, 1.807) is 0 Å². The first-order valence-corrected chi connectivity index (χ1v) is 7.30. The van der Waals surface area contributed by atoms with Crippen LogP contribution in [0.4, 0.5) is 0 Å². The molecule has 0 unspecified atom stereocenters. The minimum atomic E-state index is 0.882. The van der Waals surface area contributed by atoms with Crippen LogP contribution in [0.15, 0.2) is 42.9 Å². The third kappa shape index (κ3) is 3.26. The number of hydrogen-bond acceptors (Lipinski definition) is 3. The molecule has 4 heteroatoms. The molecule has 3 rings (SSSR count). The molecule has 0 N–H and O–H groups in total. The number of aromatic nitrogens is 2. The molecule has 1 aliphatic rings. The van der Waals surface area contributed by atoms with Crippen LogP contribution in [0.2, 0.25) is 0 Å². The van der Waals surface area contributed by atoms with Crippen LogP contribution in [0.3, 0.4) is 0 Å². The average Bonchev–Trinajstić information content (AvgIpc) is 2.98. The molecule has 2 aromatic rings. The maximum Gasteiger partial charge on any atom is 0.0594 e. The summed E-state index contributed by atoms with van der Waals surface area (Å²) in [6.07, 6.45) is 8.10. The lowest BCUT2D eigenvalue weighted by molar-refractivity contribution is 0.0374. The Morgan fingerprint density at radius 1 is 1.10 bits per heavy atom. The van der Waals surface area contributed by atoms with Gasteiger partial charge in [-0.05, 0) is 43.7 Å². The second-order valence-electron chi connectivity index (χ2n) is 5.13. The zero-order chi connectivity index (χ0) is 13.6. The zero-order valence-electron chi connectivity index (χ0n) is 11.7. The van der Waals surface area contributed by atoms with Crippen molar-refractivity contribution in [3.63, 3.8) is 0 Å². The second-order valence-corrected chi connectivity index (χ2v) is 5.13. The fourth-order valence-corrected chi connectivity index (χ4v) is 2.69. The van der Waals surface area contributed by atoms with Crippen LogP contribution >= 0.6 is 0 Å². The summed E-state index contributed by atoms with van der Waals surface area (Å²) in [5, 5.41) is 0. The van der Waals surface area contributed by atoms with Gasteiger partial charge in [0.15, 0.2) is 0 Å². The number of rotatable bonds is 5. The van der Waals surface area contributed by atoms with Crippen LogP contribution in [0.5, 0.6) is 0 Å². The first-order valence-electron chi connectivity index (χ1n) is 7.30. The van der Waals surface area contributed by atoms with Gasteiger partial charge in [0.25, 0.3) is 0 Å². The molecular weight excluding hydrogens is 250 g/mol. The lowest BCUT2D eigenvalue weighted by Crippen LogP contribution is -2.37. The molecule has 3 heterocycles. The molecule has 2 aromatic heterocycles. The van der Waals surface area contributed by atoms with Gasteiger partial charge in [-0.2, -0.15) is 0 Å². The predicted octanol–water partition coefficient (Wildman–Crippen LogP) is 2.14. The Kier molecular flexibility index (Phi) is 4.46. The molecular formula is C16H21N3O. The van der Waals surface area contributed by atoms with Crippen LogP contribution in [0, 0.1) is 0 Å². The van der Waals surface area contributed by atoms with Crippen molar-refractivity contribution in [2.75, 3.05) is 32.8 Å². The molecule has 1 aliphatic heterocycles. The van der Waals surface area contributed by atoms with E-state index in [0.717, 1.165) is 39.3 Å². The molecule has 0 aromatic carbocycles. The molecule has 0 spiro atoms. The van der Waals surface area contributed by atoms with Crippen molar-refractivity contribution in [2.24, 2.45) is 0 Å². The van der Waals surface area contributed by atoms with Crippen molar-refractivity contribution in [1.82, 2.24) is 14.5 Å². The van der Waals surface area contributed by atoms with E-state index in [1.165, 1.54) is 17.8 Å². The van der Waals surface area contributed by atoms with Gasteiger partial charge in [-0.1, -0.05) is 0 Å². The van der Waals surface area contributed by atoms with E-state index in [1.807, 2.05) is 24.5 Å². The van der Waals surface area contributed by atoms with E-state index in [9.17, 15) is 0 Å². The van der Waals surface area contributed by atoms with Crippen molar-refractivity contribution in [3.05, 3.63) is 48.5 Å². The number of aryl methyl sites for hydroxylation is 1. The maximum atomic E-state index is 5.38. The summed E-state index contributed by atoms with van der Waals surface area (Å²) in [6.45, 7) is 5.07. The molecule has 0 bridgehead atoms.